The molecule has 3 rings (SSSR count). The Labute approximate surface area is 174 Å². The molecular formula is C21H24N4O5. The van der Waals surface area contributed by atoms with Gasteiger partial charge in [-0.3, -0.25) is 19.8 Å². The molecular weight excluding hydrogens is 388 g/mol. The normalized spacial score (nSPS) is 14.9. The second-order valence-corrected chi connectivity index (χ2v) is 6.86. The Balaban J connectivity index is 1.73. The molecule has 1 N–H and O–H groups in total. The number of morpholine rings is 1. The molecule has 0 aliphatic carbocycles. The highest BCUT2D eigenvalue weighted by molar-refractivity contribution is 6.01. The second kappa shape index (κ2) is 9.95. The fourth-order valence-corrected chi connectivity index (χ4v) is 3.15. The maximum atomic E-state index is 12.3. The summed E-state index contributed by atoms with van der Waals surface area (Å²) in [6.07, 6.45) is 0. The minimum atomic E-state index is -0.543. The van der Waals surface area contributed by atoms with Crippen LogP contribution in [-0.2, 0) is 11.3 Å². The molecule has 0 bridgehead atoms. The van der Waals surface area contributed by atoms with Gasteiger partial charge in [0.15, 0.2) is 0 Å². The zero-order chi connectivity index (χ0) is 21.5. The van der Waals surface area contributed by atoms with Crippen molar-refractivity contribution in [3.05, 3.63) is 69.3 Å². The molecule has 0 spiro atoms. The van der Waals surface area contributed by atoms with E-state index in [1.54, 1.807) is 14.0 Å². The van der Waals surface area contributed by atoms with Crippen LogP contribution in [0.2, 0.25) is 0 Å². The molecule has 1 aliphatic rings. The second-order valence-electron chi connectivity index (χ2n) is 6.86. The van der Waals surface area contributed by atoms with Crippen LogP contribution in [-0.4, -0.2) is 54.9 Å². The van der Waals surface area contributed by atoms with Gasteiger partial charge in [-0.1, -0.05) is 6.07 Å². The topological polar surface area (TPSA) is 106 Å². The fraction of sp³-hybridized carbons (Fsp3) is 0.333. The SMILES string of the molecule is COc1ccc(/C(C)=N\NC(=O)c2cccc([N+](=O)[O-])c2)cc1CN1CCOCC1. The third kappa shape index (κ3) is 5.40. The molecule has 1 saturated heterocycles. The van der Waals surface area contributed by atoms with Crippen molar-refractivity contribution in [1.82, 2.24) is 10.3 Å². The summed E-state index contributed by atoms with van der Waals surface area (Å²) in [5, 5.41) is 15.0. The Morgan fingerprint density at radius 3 is 2.70 bits per heavy atom. The van der Waals surface area contributed by atoms with E-state index >= 15 is 0 Å². The average molecular weight is 412 g/mol. The molecule has 0 atom stereocenters. The Bertz CT molecular complexity index is 954. The van der Waals surface area contributed by atoms with Gasteiger partial charge in [0.25, 0.3) is 11.6 Å². The van der Waals surface area contributed by atoms with Gasteiger partial charge in [0.05, 0.1) is 31.0 Å². The van der Waals surface area contributed by atoms with Crippen LogP contribution in [0.1, 0.15) is 28.4 Å². The first-order chi connectivity index (χ1) is 14.5. The Morgan fingerprint density at radius 1 is 1.23 bits per heavy atom. The third-order valence-corrected chi connectivity index (χ3v) is 4.84. The number of ether oxygens (including phenoxy) is 2. The predicted octanol–water partition coefficient (Wildman–Crippen LogP) is 2.59. The molecule has 1 amide bonds. The molecule has 2 aromatic carbocycles. The fourth-order valence-electron chi connectivity index (χ4n) is 3.15. The molecule has 158 valence electrons. The first-order valence-electron chi connectivity index (χ1n) is 9.54. The van der Waals surface area contributed by atoms with Crippen LogP contribution in [0.15, 0.2) is 47.6 Å². The van der Waals surface area contributed by atoms with Crippen molar-refractivity contribution >= 4 is 17.3 Å². The van der Waals surface area contributed by atoms with Crippen LogP contribution < -0.4 is 10.2 Å². The number of nitrogens with one attached hydrogen (secondary N) is 1. The molecule has 0 unspecified atom stereocenters. The first-order valence-corrected chi connectivity index (χ1v) is 9.54. The molecule has 2 aromatic rings. The summed E-state index contributed by atoms with van der Waals surface area (Å²) in [5.41, 5.74) is 4.96. The van der Waals surface area contributed by atoms with E-state index in [1.807, 2.05) is 18.2 Å². The average Bonchev–Trinajstić information content (AvgIpc) is 2.78. The first kappa shape index (κ1) is 21.4. The van der Waals surface area contributed by atoms with E-state index in [-0.39, 0.29) is 11.3 Å². The van der Waals surface area contributed by atoms with Crippen molar-refractivity contribution < 1.29 is 19.2 Å². The number of benzene rings is 2. The maximum absolute atomic E-state index is 12.3. The number of carbonyl (C=O) groups excluding carboxylic acids is 1. The molecule has 30 heavy (non-hydrogen) atoms. The van der Waals surface area contributed by atoms with Crippen LogP contribution in [0, 0.1) is 10.1 Å². The summed E-state index contributed by atoms with van der Waals surface area (Å²) in [6, 6.07) is 11.3. The summed E-state index contributed by atoms with van der Waals surface area (Å²) in [4.78, 5) is 24.9. The van der Waals surface area contributed by atoms with Crippen molar-refractivity contribution in [2.45, 2.75) is 13.5 Å². The quantitative estimate of drug-likeness (QED) is 0.426. The number of rotatable bonds is 7. The van der Waals surface area contributed by atoms with Crippen molar-refractivity contribution in [1.29, 1.82) is 0 Å². The van der Waals surface area contributed by atoms with Crippen LogP contribution in [0.5, 0.6) is 5.75 Å². The summed E-state index contributed by atoms with van der Waals surface area (Å²) in [5.74, 6) is 0.277. The van der Waals surface area contributed by atoms with Crippen molar-refractivity contribution in [3.8, 4) is 5.75 Å². The molecule has 1 heterocycles. The van der Waals surface area contributed by atoms with Crippen LogP contribution in [0.4, 0.5) is 5.69 Å². The van der Waals surface area contributed by atoms with Crippen LogP contribution in [0.3, 0.4) is 0 Å². The van der Waals surface area contributed by atoms with Gasteiger partial charge in [0.2, 0.25) is 0 Å². The smallest absolute Gasteiger partial charge is 0.271 e. The number of hydrogen-bond acceptors (Lipinski definition) is 7. The number of carbonyl (C=O) groups is 1. The third-order valence-electron chi connectivity index (χ3n) is 4.84. The zero-order valence-electron chi connectivity index (χ0n) is 17.0. The molecule has 0 aromatic heterocycles. The summed E-state index contributed by atoms with van der Waals surface area (Å²) in [7, 11) is 1.64. The summed E-state index contributed by atoms with van der Waals surface area (Å²) < 4.78 is 10.9. The van der Waals surface area contributed by atoms with Gasteiger partial charge in [0, 0.05) is 42.9 Å². The van der Waals surface area contributed by atoms with Gasteiger partial charge < -0.3 is 9.47 Å². The molecule has 1 fully saturated rings. The number of hydrogen-bond donors (Lipinski definition) is 1. The maximum Gasteiger partial charge on any atom is 0.271 e. The van der Waals surface area contributed by atoms with Gasteiger partial charge in [0.1, 0.15) is 5.75 Å². The van der Waals surface area contributed by atoms with E-state index in [1.165, 1.54) is 24.3 Å². The van der Waals surface area contributed by atoms with Gasteiger partial charge in [-0.15, -0.1) is 0 Å². The van der Waals surface area contributed by atoms with Gasteiger partial charge in [-0.25, -0.2) is 5.43 Å². The van der Waals surface area contributed by atoms with Crippen molar-refractivity contribution in [2.24, 2.45) is 5.10 Å². The van der Waals surface area contributed by atoms with Gasteiger partial charge in [-0.05, 0) is 36.8 Å². The standard InChI is InChI=1S/C21H24N4O5/c1-15(22-23-21(26)17-4-3-5-19(13-17)25(27)28)16-6-7-20(29-2)18(12-16)14-24-8-10-30-11-9-24/h3-7,12-13H,8-11,14H2,1-2H3,(H,23,26)/b22-15-. The van der Waals surface area contributed by atoms with Gasteiger partial charge in [-0.2, -0.15) is 5.10 Å². The van der Waals surface area contributed by atoms with Crippen molar-refractivity contribution in [2.75, 3.05) is 33.4 Å². The zero-order valence-corrected chi connectivity index (χ0v) is 17.0. The molecule has 9 heteroatoms. The van der Waals surface area contributed by atoms with Crippen LogP contribution >= 0.6 is 0 Å². The highest BCUT2D eigenvalue weighted by atomic mass is 16.6. The van der Waals surface area contributed by atoms with E-state index in [4.69, 9.17) is 9.47 Å². The number of hydrazone groups is 1. The highest BCUT2D eigenvalue weighted by Gasteiger charge is 2.15. The lowest BCUT2D eigenvalue weighted by Gasteiger charge is -2.27. The lowest BCUT2D eigenvalue weighted by Crippen LogP contribution is -2.35. The van der Waals surface area contributed by atoms with Gasteiger partial charge >= 0.3 is 0 Å². The Hall–Kier alpha value is -3.30. The van der Waals surface area contributed by atoms with E-state index in [9.17, 15) is 14.9 Å². The lowest BCUT2D eigenvalue weighted by atomic mass is 10.1. The number of methoxy groups -OCH3 is 1. The van der Waals surface area contributed by atoms with E-state index in [0.29, 0.717) is 18.9 Å². The number of amides is 1. The number of nitro groups is 1. The molecule has 0 saturated carbocycles. The minimum absolute atomic E-state index is 0.147. The predicted molar refractivity (Wildman–Crippen MR) is 112 cm³/mol. The lowest BCUT2D eigenvalue weighted by molar-refractivity contribution is -0.384. The highest BCUT2D eigenvalue weighted by Crippen LogP contribution is 2.22. The number of nitrogens with zero attached hydrogens (tertiary/aromatic N) is 3. The van der Waals surface area contributed by atoms with Crippen molar-refractivity contribution in [3.63, 3.8) is 0 Å². The van der Waals surface area contributed by atoms with E-state index < -0.39 is 10.8 Å². The Morgan fingerprint density at radius 2 is 2.00 bits per heavy atom. The number of non-ortho nitro benzene ring substituents is 1. The summed E-state index contributed by atoms with van der Waals surface area (Å²) >= 11 is 0. The van der Waals surface area contributed by atoms with Crippen LogP contribution in [0.25, 0.3) is 0 Å². The van der Waals surface area contributed by atoms with E-state index in [2.05, 4.69) is 15.4 Å². The minimum Gasteiger partial charge on any atom is -0.496 e. The van der Waals surface area contributed by atoms with E-state index in [0.717, 1.165) is 36.5 Å². The summed E-state index contributed by atoms with van der Waals surface area (Å²) in [6.45, 7) is 5.67. The molecule has 0 radical (unpaired) electrons. The molecule has 9 nitrogen and oxygen atoms in total. The molecule has 1 aliphatic heterocycles. The largest absolute Gasteiger partial charge is 0.496 e. The monoisotopic (exact) mass is 412 g/mol. The number of nitro benzene ring substituents is 1. The Kier molecular flexibility index (Phi) is 7.10.